The van der Waals surface area contributed by atoms with Gasteiger partial charge in [0.15, 0.2) is 6.29 Å². The lowest BCUT2D eigenvalue weighted by Crippen LogP contribution is -1.98. The second-order valence-electron chi connectivity index (χ2n) is 3.03. The van der Waals surface area contributed by atoms with Crippen LogP contribution in [0.4, 0.5) is 5.69 Å². The first kappa shape index (κ1) is 13.2. The quantitative estimate of drug-likeness (QED) is 0.258. The van der Waals surface area contributed by atoms with Crippen LogP contribution in [0, 0.1) is 10.1 Å². The van der Waals surface area contributed by atoms with E-state index in [9.17, 15) is 14.9 Å². The van der Waals surface area contributed by atoms with Gasteiger partial charge < -0.3 is 4.74 Å². The molecule has 6 heteroatoms. The number of aldehydes is 1. The second-order valence-corrected chi connectivity index (χ2v) is 3.34. The highest BCUT2D eigenvalue weighted by Gasteiger charge is 2.10. The Labute approximate surface area is 103 Å². The summed E-state index contributed by atoms with van der Waals surface area (Å²) in [5.41, 5.74) is 0.00854. The fourth-order valence-electron chi connectivity index (χ4n) is 1.14. The molecule has 1 aromatic rings. The molecule has 0 spiro atoms. The molecule has 0 N–H and O–H groups in total. The predicted molar refractivity (Wildman–Crippen MR) is 63.8 cm³/mol. The minimum absolute atomic E-state index is 0.143. The van der Waals surface area contributed by atoms with Gasteiger partial charge in [-0.3, -0.25) is 14.9 Å². The van der Waals surface area contributed by atoms with Crippen LogP contribution in [-0.2, 0) is 0 Å². The van der Waals surface area contributed by atoms with Crippen molar-refractivity contribution in [3.8, 4) is 5.75 Å². The smallest absolute Gasteiger partial charge is 0.270 e. The number of nitro benzene ring substituents is 1. The van der Waals surface area contributed by atoms with Crippen LogP contribution in [0.25, 0.3) is 0 Å². The topological polar surface area (TPSA) is 69.4 Å². The first-order valence-electron chi connectivity index (χ1n) is 4.76. The van der Waals surface area contributed by atoms with Gasteiger partial charge in [0.2, 0.25) is 0 Å². The third-order valence-corrected chi connectivity index (χ3v) is 2.10. The molecule has 1 aromatic carbocycles. The first-order valence-corrected chi connectivity index (χ1v) is 5.30. The van der Waals surface area contributed by atoms with E-state index < -0.39 is 4.92 Å². The van der Waals surface area contributed by atoms with Gasteiger partial charge in [-0.1, -0.05) is 12.2 Å². The Morgan fingerprint density at radius 2 is 2.18 bits per heavy atom. The summed E-state index contributed by atoms with van der Waals surface area (Å²) in [7, 11) is 0. The van der Waals surface area contributed by atoms with Gasteiger partial charge in [-0.25, -0.2) is 0 Å². The zero-order valence-electron chi connectivity index (χ0n) is 8.84. The molecule has 0 amide bonds. The highest BCUT2D eigenvalue weighted by molar-refractivity contribution is 6.18. The van der Waals surface area contributed by atoms with Crippen molar-refractivity contribution in [1.82, 2.24) is 0 Å². The summed E-state index contributed by atoms with van der Waals surface area (Å²) in [4.78, 5) is 20.7. The summed E-state index contributed by atoms with van der Waals surface area (Å²) >= 11 is 5.42. The normalized spacial score (nSPS) is 10.4. The van der Waals surface area contributed by atoms with Crippen LogP contribution in [-0.4, -0.2) is 23.7 Å². The van der Waals surface area contributed by atoms with Gasteiger partial charge in [0.1, 0.15) is 12.4 Å². The van der Waals surface area contributed by atoms with E-state index in [1.165, 1.54) is 18.2 Å². The number of allylic oxidation sites excluding steroid dienone is 1. The molecular formula is C11H10ClNO4. The van der Waals surface area contributed by atoms with E-state index in [4.69, 9.17) is 16.3 Å². The van der Waals surface area contributed by atoms with Gasteiger partial charge >= 0.3 is 0 Å². The average molecular weight is 256 g/mol. The molecule has 0 aliphatic heterocycles. The molecule has 0 heterocycles. The fourth-order valence-corrected chi connectivity index (χ4v) is 1.27. The van der Waals surface area contributed by atoms with Gasteiger partial charge in [0.05, 0.1) is 10.5 Å². The highest BCUT2D eigenvalue weighted by Crippen LogP contribution is 2.22. The predicted octanol–water partition coefficient (Wildman–Crippen LogP) is 2.58. The lowest BCUT2D eigenvalue weighted by Gasteiger charge is -2.05. The Bertz CT molecular complexity index is 445. The average Bonchev–Trinajstić information content (AvgIpc) is 2.34. The standard InChI is InChI=1S/C11H10ClNO4/c12-5-1-2-6-17-11-4-3-10(13(15)16)7-9(11)8-14/h1-4,7-8H,5-6H2. The van der Waals surface area contributed by atoms with E-state index >= 15 is 0 Å². The molecule has 90 valence electrons. The number of carbonyl (C=O) groups is 1. The molecular weight excluding hydrogens is 246 g/mol. The SMILES string of the molecule is O=Cc1cc([N+](=O)[O-])ccc1OCC=CCCl. The van der Waals surface area contributed by atoms with Crippen LogP contribution >= 0.6 is 11.6 Å². The lowest BCUT2D eigenvalue weighted by atomic mass is 10.2. The summed E-state index contributed by atoms with van der Waals surface area (Å²) in [6, 6.07) is 3.86. The maximum absolute atomic E-state index is 10.7. The number of rotatable bonds is 6. The number of alkyl halides is 1. The van der Waals surface area contributed by atoms with Crippen molar-refractivity contribution in [1.29, 1.82) is 0 Å². The number of ether oxygens (including phenoxy) is 1. The van der Waals surface area contributed by atoms with Gasteiger partial charge in [0, 0.05) is 18.0 Å². The minimum atomic E-state index is -0.565. The number of nitro groups is 1. The van der Waals surface area contributed by atoms with E-state index in [2.05, 4.69) is 0 Å². The Morgan fingerprint density at radius 1 is 1.41 bits per heavy atom. The summed E-state index contributed by atoms with van der Waals surface area (Å²) in [6.45, 7) is 0.255. The minimum Gasteiger partial charge on any atom is -0.489 e. The van der Waals surface area contributed by atoms with Crippen molar-refractivity contribution in [2.45, 2.75) is 0 Å². The Morgan fingerprint density at radius 3 is 2.76 bits per heavy atom. The maximum atomic E-state index is 10.7. The lowest BCUT2D eigenvalue weighted by molar-refractivity contribution is -0.384. The monoisotopic (exact) mass is 255 g/mol. The van der Waals surface area contributed by atoms with Crippen LogP contribution < -0.4 is 4.74 Å². The number of non-ortho nitro benzene ring substituents is 1. The number of halogens is 1. The molecule has 0 aliphatic rings. The third kappa shape index (κ3) is 3.88. The van der Waals surface area contributed by atoms with Crippen LogP contribution in [0.2, 0.25) is 0 Å². The zero-order valence-corrected chi connectivity index (χ0v) is 9.59. The van der Waals surface area contributed by atoms with Crippen molar-refractivity contribution >= 4 is 23.6 Å². The molecule has 0 aromatic heterocycles. The van der Waals surface area contributed by atoms with E-state index in [-0.39, 0.29) is 17.9 Å². The summed E-state index contributed by atoms with van der Waals surface area (Å²) < 4.78 is 5.27. The summed E-state index contributed by atoms with van der Waals surface area (Å²) in [5.74, 6) is 0.689. The van der Waals surface area contributed by atoms with Gasteiger partial charge in [0.25, 0.3) is 5.69 Å². The van der Waals surface area contributed by atoms with E-state index in [0.29, 0.717) is 17.9 Å². The zero-order chi connectivity index (χ0) is 12.7. The number of nitrogens with zero attached hydrogens (tertiary/aromatic N) is 1. The van der Waals surface area contributed by atoms with Crippen molar-refractivity contribution in [3.63, 3.8) is 0 Å². The molecule has 17 heavy (non-hydrogen) atoms. The molecule has 0 fully saturated rings. The van der Waals surface area contributed by atoms with Crippen molar-refractivity contribution in [2.24, 2.45) is 0 Å². The largest absolute Gasteiger partial charge is 0.489 e. The van der Waals surface area contributed by atoms with Crippen LogP contribution in [0.5, 0.6) is 5.75 Å². The molecule has 0 bridgehead atoms. The first-order chi connectivity index (χ1) is 8.19. The van der Waals surface area contributed by atoms with Crippen LogP contribution in [0.1, 0.15) is 10.4 Å². The van der Waals surface area contributed by atoms with Crippen molar-refractivity contribution < 1.29 is 14.5 Å². The molecule has 0 radical (unpaired) electrons. The molecule has 0 saturated carbocycles. The van der Waals surface area contributed by atoms with Gasteiger partial charge in [-0.15, -0.1) is 11.6 Å². The number of carbonyl (C=O) groups excluding carboxylic acids is 1. The third-order valence-electron chi connectivity index (χ3n) is 1.92. The van der Waals surface area contributed by atoms with E-state index in [1.54, 1.807) is 12.2 Å². The Kier molecular flexibility index (Phi) is 5.16. The molecule has 0 aliphatic carbocycles. The van der Waals surface area contributed by atoms with Gasteiger partial charge in [-0.05, 0) is 6.07 Å². The van der Waals surface area contributed by atoms with Crippen molar-refractivity contribution in [3.05, 3.63) is 46.0 Å². The molecule has 0 saturated heterocycles. The molecule has 5 nitrogen and oxygen atoms in total. The number of hydrogen-bond acceptors (Lipinski definition) is 4. The Hall–Kier alpha value is -1.88. The summed E-state index contributed by atoms with van der Waals surface area (Å²) in [6.07, 6.45) is 3.92. The van der Waals surface area contributed by atoms with Crippen LogP contribution in [0.3, 0.4) is 0 Å². The highest BCUT2D eigenvalue weighted by atomic mass is 35.5. The number of hydrogen-bond donors (Lipinski definition) is 0. The maximum Gasteiger partial charge on any atom is 0.270 e. The van der Waals surface area contributed by atoms with Crippen molar-refractivity contribution in [2.75, 3.05) is 12.5 Å². The Balaban J connectivity index is 2.82. The number of benzene rings is 1. The fraction of sp³-hybridized carbons (Fsp3) is 0.182. The molecule has 1 rings (SSSR count). The summed E-state index contributed by atoms with van der Waals surface area (Å²) in [5, 5.41) is 10.5. The molecule has 0 atom stereocenters. The second kappa shape index (κ2) is 6.65. The van der Waals surface area contributed by atoms with E-state index in [0.717, 1.165) is 0 Å². The van der Waals surface area contributed by atoms with Crippen LogP contribution in [0.15, 0.2) is 30.4 Å². The van der Waals surface area contributed by atoms with E-state index in [1.807, 2.05) is 0 Å². The van der Waals surface area contributed by atoms with Gasteiger partial charge in [-0.2, -0.15) is 0 Å². The molecule has 0 unspecified atom stereocenters.